The third-order valence-corrected chi connectivity index (χ3v) is 7.16. The van der Waals surface area contributed by atoms with Gasteiger partial charge in [-0.05, 0) is 37.8 Å². The van der Waals surface area contributed by atoms with Crippen LogP contribution in [-0.4, -0.2) is 102 Å². The summed E-state index contributed by atoms with van der Waals surface area (Å²) in [4.78, 5) is 56.2. The third-order valence-electron chi connectivity index (χ3n) is 7.16. The Hall–Kier alpha value is -3.34. The van der Waals surface area contributed by atoms with E-state index in [0.29, 0.717) is 58.5 Å². The average molecular weight is 488 g/mol. The van der Waals surface area contributed by atoms with Crippen LogP contribution >= 0.6 is 0 Å². The summed E-state index contributed by atoms with van der Waals surface area (Å²) in [6.45, 7) is 3.02. The van der Waals surface area contributed by atoms with Crippen molar-refractivity contribution in [3.63, 3.8) is 0 Å². The van der Waals surface area contributed by atoms with Crippen molar-refractivity contribution in [1.29, 1.82) is 0 Å². The maximum absolute atomic E-state index is 13.5. The highest BCUT2D eigenvalue weighted by molar-refractivity contribution is 5.89. The molecule has 2 saturated heterocycles. The van der Waals surface area contributed by atoms with Crippen molar-refractivity contribution in [2.24, 2.45) is 5.92 Å². The molecular formula is C24H33N5O6. The average Bonchev–Trinajstić information content (AvgIpc) is 2.92. The van der Waals surface area contributed by atoms with Crippen LogP contribution in [0.1, 0.15) is 25.7 Å². The summed E-state index contributed by atoms with van der Waals surface area (Å²) in [7, 11) is 0. The van der Waals surface area contributed by atoms with E-state index in [2.05, 4.69) is 0 Å². The van der Waals surface area contributed by atoms with Gasteiger partial charge in [-0.15, -0.1) is 0 Å². The molecule has 0 bridgehead atoms. The first-order valence-electron chi connectivity index (χ1n) is 12.2. The molecule has 2 aliphatic heterocycles. The molecule has 3 aliphatic rings. The van der Waals surface area contributed by atoms with E-state index in [9.17, 15) is 24.4 Å². The largest absolute Gasteiger partial charge is 0.446 e. The predicted molar refractivity (Wildman–Crippen MR) is 126 cm³/mol. The first-order valence-corrected chi connectivity index (χ1v) is 12.2. The Morgan fingerprint density at radius 3 is 2.43 bits per heavy atom. The number of rotatable bonds is 5. The second-order valence-electron chi connectivity index (χ2n) is 9.30. The SMILES string of the molecule is O=CN1CCN(C(=O)OC2CCCC(C(=O)N3CCN(c4ccccc4)CC3C(=O)NO)C2)CC1. The lowest BCUT2D eigenvalue weighted by molar-refractivity contribution is -0.149. The first kappa shape index (κ1) is 24.8. The van der Waals surface area contributed by atoms with Crippen molar-refractivity contribution in [1.82, 2.24) is 20.2 Å². The van der Waals surface area contributed by atoms with Crippen LogP contribution < -0.4 is 10.4 Å². The van der Waals surface area contributed by atoms with Gasteiger partial charge in [-0.2, -0.15) is 0 Å². The van der Waals surface area contributed by atoms with Crippen LogP contribution in [0.2, 0.25) is 0 Å². The smallest absolute Gasteiger partial charge is 0.410 e. The van der Waals surface area contributed by atoms with Crippen LogP contribution in [0.5, 0.6) is 0 Å². The fraction of sp³-hybridized carbons (Fsp3) is 0.583. The van der Waals surface area contributed by atoms with Gasteiger partial charge in [0.25, 0.3) is 5.91 Å². The van der Waals surface area contributed by atoms with Gasteiger partial charge >= 0.3 is 6.09 Å². The maximum Gasteiger partial charge on any atom is 0.410 e. The molecule has 0 spiro atoms. The molecule has 3 atom stereocenters. The van der Waals surface area contributed by atoms with Crippen molar-refractivity contribution < 1.29 is 29.1 Å². The second-order valence-corrected chi connectivity index (χ2v) is 9.30. The molecule has 1 aromatic carbocycles. The Morgan fingerprint density at radius 2 is 1.74 bits per heavy atom. The molecule has 3 fully saturated rings. The Kier molecular flexibility index (Phi) is 8.06. The zero-order valence-electron chi connectivity index (χ0n) is 19.8. The van der Waals surface area contributed by atoms with Gasteiger partial charge in [0.15, 0.2) is 0 Å². The van der Waals surface area contributed by atoms with Crippen LogP contribution in [-0.2, 0) is 19.1 Å². The number of nitrogens with one attached hydrogen (secondary N) is 1. The van der Waals surface area contributed by atoms with E-state index in [0.717, 1.165) is 18.5 Å². The Labute approximate surface area is 204 Å². The summed E-state index contributed by atoms with van der Waals surface area (Å²) in [5.74, 6) is -1.12. The predicted octanol–water partition coefficient (Wildman–Crippen LogP) is 0.679. The van der Waals surface area contributed by atoms with Crippen molar-refractivity contribution in [2.45, 2.75) is 37.8 Å². The molecule has 35 heavy (non-hydrogen) atoms. The molecule has 4 rings (SSSR count). The molecule has 4 amide bonds. The summed E-state index contributed by atoms with van der Waals surface area (Å²) in [5, 5.41) is 9.31. The second kappa shape index (κ2) is 11.4. The normalized spacial score (nSPS) is 25.1. The fourth-order valence-electron chi connectivity index (χ4n) is 5.16. The van der Waals surface area contributed by atoms with Crippen LogP contribution in [0.25, 0.3) is 0 Å². The lowest BCUT2D eigenvalue weighted by Gasteiger charge is -2.43. The molecular weight excluding hydrogens is 454 g/mol. The highest BCUT2D eigenvalue weighted by Gasteiger charge is 2.40. The van der Waals surface area contributed by atoms with Crippen molar-refractivity contribution >= 4 is 30.0 Å². The molecule has 190 valence electrons. The van der Waals surface area contributed by atoms with Crippen LogP contribution in [0.4, 0.5) is 10.5 Å². The van der Waals surface area contributed by atoms with Crippen molar-refractivity contribution in [3.8, 4) is 0 Å². The molecule has 0 radical (unpaired) electrons. The zero-order valence-corrected chi connectivity index (χ0v) is 19.8. The number of carbonyl (C=O) groups is 4. The first-order chi connectivity index (χ1) is 17.0. The maximum atomic E-state index is 13.5. The number of hydroxylamine groups is 1. The number of ether oxygens (including phenoxy) is 1. The quantitative estimate of drug-likeness (QED) is 0.356. The van der Waals surface area contributed by atoms with Crippen LogP contribution in [0.3, 0.4) is 0 Å². The van der Waals surface area contributed by atoms with E-state index in [1.54, 1.807) is 20.2 Å². The number of hydrogen-bond acceptors (Lipinski definition) is 7. The van der Waals surface area contributed by atoms with Gasteiger partial charge in [0.05, 0.1) is 0 Å². The highest BCUT2D eigenvalue weighted by Crippen LogP contribution is 2.30. The van der Waals surface area contributed by atoms with Crippen LogP contribution in [0.15, 0.2) is 30.3 Å². The molecule has 1 aliphatic carbocycles. The molecule has 2 heterocycles. The minimum atomic E-state index is -0.821. The molecule has 0 aromatic heterocycles. The number of amides is 4. The van der Waals surface area contributed by atoms with Crippen molar-refractivity contribution in [2.75, 3.05) is 50.7 Å². The van der Waals surface area contributed by atoms with Gasteiger partial charge in [0.1, 0.15) is 12.1 Å². The van der Waals surface area contributed by atoms with E-state index in [-0.39, 0.29) is 24.5 Å². The Morgan fingerprint density at radius 1 is 1.00 bits per heavy atom. The van der Waals surface area contributed by atoms with Crippen molar-refractivity contribution in [3.05, 3.63) is 30.3 Å². The number of hydrogen-bond donors (Lipinski definition) is 2. The zero-order chi connectivity index (χ0) is 24.8. The van der Waals surface area contributed by atoms with Gasteiger partial charge in [0, 0.05) is 57.4 Å². The summed E-state index contributed by atoms with van der Waals surface area (Å²) < 4.78 is 5.72. The lowest BCUT2D eigenvalue weighted by atomic mass is 9.85. The van der Waals surface area contributed by atoms with E-state index in [4.69, 9.17) is 4.74 Å². The minimum Gasteiger partial charge on any atom is -0.446 e. The molecule has 2 N–H and O–H groups in total. The van der Waals surface area contributed by atoms with E-state index in [1.165, 1.54) is 0 Å². The summed E-state index contributed by atoms with van der Waals surface area (Å²) in [5.41, 5.74) is 2.67. The number of piperazine rings is 2. The number of carbonyl (C=O) groups excluding carboxylic acids is 4. The summed E-state index contributed by atoms with van der Waals surface area (Å²) >= 11 is 0. The number of anilines is 1. The van der Waals surface area contributed by atoms with Gasteiger partial charge in [-0.25, -0.2) is 10.3 Å². The Balaban J connectivity index is 1.36. The fourth-order valence-corrected chi connectivity index (χ4v) is 5.16. The molecule has 1 saturated carbocycles. The van der Waals surface area contributed by atoms with Gasteiger partial charge in [0.2, 0.25) is 12.3 Å². The number of nitrogens with zero attached hydrogens (tertiary/aromatic N) is 4. The third kappa shape index (κ3) is 5.84. The number of para-hydroxylation sites is 1. The topological polar surface area (TPSA) is 123 Å². The van der Waals surface area contributed by atoms with E-state index < -0.39 is 18.0 Å². The van der Waals surface area contributed by atoms with Crippen LogP contribution in [0, 0.1) is 5.92 Å². The number of benzene rings is 1. The van der Waals surface area contributed by atoms with E-state index >= 15 is 0 Å². The van der Waals surface area contributed by atoms with E-state index in [1.807, 2.05) is 35.2 Å². The van der Waals surface area contributed by atoms with Gasteiger partial charge in [-0.3, -0.25) is 19.6 Å². The van der Waals surface area contributed by atoms with Gasteiger partial charge in [-0.1, -0.05) is 18.2 Å². The summed E-state index contributed by atoms with van der Waals surface area (Å²) in [6, 6.07) is 8.82. The lowest BCUT2D eigenvalue weighted by Crippen LogP contribution is -2.61. The molecule has 1 aromatic rings. The molecule has 3 unspecified atom stereocenters. The van der Waals surface area contributed by atoms with Gasteiger partial charge < -0.3 is 24.3 Å². The minimum absolute atomic E-state index is 0.147. The molecule has 11 heteroatoms. The molecule has 11 nitrogen and oxygen atoms in total. The standard InChI is InChI=1S/C24H33N5O6/c30-17-26-9-11-27(12-10-26)24(33)35-20-8-4-5-18(15-20)23(32)29-14-13-28(16-21(29)22(31)25-34)19-6-2-1-3-7-19/h1-3,6-7,17-18,20-21,34H,4-5,8-16H2,(H,25,31). The summed E-state index contributed by atoms with van der Waals surface area (Å²) in [6.07, 6.45) is 2.50. The monoisotopic (exact) mass is 487 g/mol. The highest BCUT2D eigenvalue weighted by atomic mass is 16.6. The Bertz CT molecular complexity index is 907.